The van der Waals surface area contributed by atoms with Crippen molar-refractivity contribution in [3.05, 3.63) is 0 Å². The first-order valence-electron chi connectivity index (χ1n) is 7.63. The van der Waals surface area contributed by atoms with Gasteiger partial charge in [-0.15, -0.1) is 0 Å². The molecule has 4 heteroatoms. The highest BCUT2D eigenvalue weighted by Gasteiger charge is 2.29. The van der Waals surface area contributed by atoms with E-state index in [0.29, 0.717) is 17.7 Å². The molecular weight excluding hydrogens is 258 g/mol. The highest BCUT2D eigenvalue weighted by molar-refractivity contribution is 7.99. The molecule has 19 heavy (non-hydrogen) atoms. The lowest BCUT2D eigenvalue weighted by Gasteiger charge is -2.36. The second kappa shape index (κ2) is 9.65. The van der Waals surface area contributed by atoms with Crippen LogP contribution in [0.2, 0.25) is 0 Å². The molecule has 3 nitrogen and oxygen atoms in total. The largest absolute Gasteiger partial charge is 0.469 e. The minimum Gasteiger partial charge on any atom is -0.469 e. The molecule has 1 N–H and O–H groups in total. The van der Waals surface area contributed by atoms with Gasteiger partial charge in [-0.2, -0.15) is 11.8 Å². The smallest absolute Gasteiger partial charge is 0.306 e. The highest BCUT2D eigenvalue weighted by Crippen LogP contribution is 2.35. The van der Waals surface area contributed by atoms with Gasteiger partial charge in [0.05, 0.1) is 13.5 Å². The first kappa shape index (κ1) is 16.8. The molecule has 0 amide bonds. The summed E-state index contributed by atoms with van der Waals surface area (Å²) in [5.41, 5.74) is 0. The summed E-state index contributed by atoms with van der Waals surface area (Å²) in [4.78, 5) is 11.2. The van der Waals surface area contributed by atoms with Crippen LogP contribution in [0.1, 0.15) is 52.4 Å². The van der Waals surface area contributed by atoms with Gasteiger partial charge in [0.1, 0.15) is 0 Å². The van der Waals surface area contributed by atoms with Crippen LogP contribution in [-0.4, -0.2) is 36.7 Å². The Kier molecular flexibility index (Phi) is 8.55. The molecule has 1 saturated carbocycles. The topological polar surface area (TPSA) is 38.3 Å². The number of esters is 1. The van der Waals surface area contributed by atoms with Gasteiger partial charge in [-0.3, -0.25) is 4.79 Å². The number of ether oxygens (including phenoxy) is 1. The Morgan fingerprint density at radius 2 is 2.16 bits per heavy atom. The van der Waals surface area contributed by atoms with Crippen LogP contribution in [0, 0.1) is 5.92 Å². The van der Waals surface area contributed by atoms with Crippen molar-refractivity contribution in [3.63, 3.8) is 0 Å². The van der Waals surface area contributed by atoms with Crippen LogP contribution in [0.5, 0.6) is 0 Å². The summed E-state index contributed by atoms with van der Waals surface area (Å²) in [6.07, 6.45) is 7.13. The number of hydrogen-bond donors (Lipinski definition) is 1. The maximum atomic E-state index is 11.2. The van der Waals surface area contributed by atoms with Crippen LogP contribution in [0.25, 0.3) is 0 Å². The molecule has 0 saturated heterocycles. The molecular formula is C15H29NO2S. The van der Waals surface area contributed by atoms with Crippen molar-refractivity contribution in [1.29, 1.82) is 0 Å². The lowest BCUT2D eigenvalue weighted by molar-refractivity contribution is -0.140. The Bertz CT molecular complexity index is 261. The average Bonchev–Trinajstić information content (AvgIpc) is 2.41. The van der Waals surface area contributed by atoms with E-state index in [1.807, 2.05) is 11.8 Å². The van der Waals surface area contributed by atoms with Gasteiger partial charge in [0.25, 0.3) is 0 Å². The third kappa shape index (κ3) is 6.17. The first-order chi connectivity index (χ1) is 9.21. The predicted molar refractivity (Wildman–Crippen MR) is 82.6 cm³/mol. The van der Waals surface area contributed by atoms with E-state index >= 15 is 0 Å². The molecule has 1 rings (SSSR count). The minimum absolute atomic E-state index is 0.0894. The van der Waals surface area contributed by atoms with E-state index < -0.39 is 0 Å². The molecule has 3 unspecified atom stereocenters. The summed E-state index contributed by atoms with van der Waals surface area (Å²) in [6.45, 7) is 5.49. The van der Waals surface area contributed by atoms with Crippen molar-refractivity contribution < 1.29 is 9.53 Å². The minimum atomic E-state index is -0.0894. The Labute approximate surface area is 122 Å². The van der Waals surface area contributed by atoms with Gasteiger partial charge in [-0.25, -0.2) is 0 Å². The summed E-state index contributed by atoms with van der Waals surface area (Å²) in [5.74, 6) is 1.68. The van der Waals surface area contributed by atoms with Crippen LogP contribution >= 0.6 is 11.8 Å². The standard InChI is InChI=1S/C15H29NO2S/c1-4-6-12-7-8-13(16-5-2)14(11-12)19-10-9-15(17)18-3/h12-14,16H,4-11H2,1-3H3. The van der Waals surface area contributed by atoms with Crippen molar-refractivity contribution in [1.82, 2.24) is 5.32 Å². The Balaban J connectivity index is 2.39. The highest BCUT2D eigenvalue weighted by atomic mass is 32.2. The number of carbonyl (C=O) groups excluding carboxylic acids is 1. The lowest BCUT2D eigenvalue weighted by atomic mass is 9.83. The van der Waals surface area contributed by atoms with Gasteiger partial charge in [-0.05, 0) is 31.7 Å². The lowest BCUT2D eigenvalue weighted by Crippen LogP contribution is -2.42. The average molecular weight is 287 g/mol. The maximum Gasteiger partial charge on any atom is 0.306 e. The second-order valence-electron chi connectivity index (χ2n) is 5.37. The molecule has 0 radical (unpaired) electrons. The number of methoxy groups -OCH3 is 1. The zero-order chi connectivity index (χ0) is 14.1. The Morgan fingerprint density at radius 1 is 1.37 bits per heavy atom. The van der Waals surface area contributed by atoms with Gasteiger partial charge in [0, 0.05) is 17.0 Å². The fraction of sp³-hybridized carbons (Fsp3) is 0.933. The van der Waals surface area contributed by atoms with Crippen molar-refractivity contribution in [2.75, 3.05) is 19.4 Å². The molecule has 0 aliphatic heterocycles. The summed E-state index contributed by atoms with van der Waals surface area (Å²) in [5, 5.41) is 4.27. The van der Waals surface area contributed by atoms with Crippen LogP contribution in [-0.2, 0) is 9.53 Å². The Hall–Kier alpha value is -0.220. The number of hydrogen-bond acceptors (Lipinski definition) is 4. The van der Waals surface area contributed by atoms with Gasteiger partial charge in [-0.1, -0.05) is 26.7 Å². The van der Waals surface area contributed by atoms with Gasteiger partial charge in [0.2, 0.25) is 0 Å². The van der Waals surface area contributed by atoms with E-state index in [-0.39, 0.29) is 5.97 Å². The van der Waals surface area contributed by atoms with Gasteiger partial charge in [0.15, 0.2) is 0 Å². The van der Waals surface area contributed by atoms with Crippen LogP contribution in [0.4, 0.5) is 0 Å². The van der Waals surface area contributed by atoms with Crippen molar-refractivity contribution >= 4 is 17.7 Å². The Morgan fingerprint density at radius 3 is 2.79 bits per heavy atom. The zero-order valence-corrected chi connectivity index (χ0v) is 13.4. The van der Waals surface area contributed by atoms with Crippen molar-refractivity contribution in [3.8, 4) is 0 Å². The molecule has 112 valence electrons. The SMILES string of the molecule is CCCC1CCC(NCC)C(SCCC(=O)OC)C1. The van der Waals surface area contributed by atoms with Gasteiger partial charge >= 0.3 is 5.97 Å². The molecule has 0 bridgehead atoms. The molecule has 0 aromatic carbocycles. The maximum absolute atomic E-state index is 11.2. The quantitative estimate of drug-likeness (QED) is 0.696. The van der Waals surface area contributed by atoms with E-state index in [9.17, 15) is 4.79 Å². The van der Waals surface area contributed by atoms with E-state index in [1.54, 1.807) is 0 Å². The summed E-state index contributed by atoms with van der Waals surface area (Å²) in [6, 6.07) is 0.626. The molecule has 0 aromatic heterocycles. The van der Waals surface area contributed by atoms with E-state index in [2.05, 4.69) is 19.2 Å². The molecule has 0 spiro atoms. The van der Waals surface area contributed by atoms with Crippen molar-refractivity contribution in [2.45, 2.75) is 63.7 Å². The monoisotopic (exact) mass is 287 g/mol. The normalized spacial score (nSPS) is 27.2. The fourth-order valence-corrected chi connectivity index (χ4v) is 4.42. The second-order valence-corrected chi connectivity index (χ2v) is 6.71. The number of carbonyl (C=O) groups is 1. The van der Waals surface area contributed by atoms with E-state index in [4.69, 9.17) is 4.74 Å². The van der Waals surface area contributed by atoms with Crippen LogP contribution in [0.3, 0.4) is 0 Å². The summed E-state index contributed by atoms with van der Waals surface area (Å²) >= 11 is 1.96. The number of thioether (sulfide) groups is 1. The van der Waals surface area contributed by atoms with Crippen LogP contribution < -0.4 is 5.32 Å². The predicted octanol–water partition coefficient (Wildman–Crippen LogP) is 3.23. The third-order valence-corrected chi connectivity index (χ3v) is 5.32. The zero-order valence-electron chi connectivity index (χ0n) is 12.6. The van der Waals surface area contributed by atoms with E-state index in [0.717, 1.165) is 18.2 Å². The number of rotatable bonds is 8. The summed E-state index contributed by atoms with van der Waals surface area (Å²) < 4.78 is 4.71. The van der Waals surface area contributed by atoms with Gasteiger partial charge < -0.3 is 10.1 Å². The third-order valence-electron chi connectivity index (χ3n) is 3.93. The van der Waals surface area contributed by atoms with E-state index in [1.165, 1.54) is 39.2 Å². The molecule has 0 heterocycles. The fourth-order valence-electron chi connectivity index (χ4n) is 2.96. The molecule has 1 aliphatic rings. The van der Waals surface area contributed by atoms with Crippen molar-refractivity contribution in [2.24, 2.45) is 5.92 Å². The summed E-state index contributed by atoms with van der Waals surface area (Å²) in [7, 11) is 1.46. The molecule has 1 fully saturated rings. The van der Waals surface area contributed by atoms with Crippen LogP contribution in [0.15, 0.2) is 0 Å². The molecule has 3 atom stereocenters. The molecule has 0 aromatic rings. The first-order valence-corrected chi connectivity index (χ1v) is 8.67. The number of nitrogens with one attached hydrogen (secondary N) is 1. The molecule has 1 aliphatic carbocycles.